The van der Waals surface area contributed by atoms with Gasteiger partial charge in [-0.3, -0.25) is 25.2 Å². The van der Waals surface area contributed by atoms with Crippen LogP contribution >= 0.6 is 0 Å². The third-order valence-corrected chi connectivity index (χ3v) is 4.12. The van der Waals surface area contributed by atoms with Gasteiger partial charge in [0.15, 0.2) is 0 Å². The Morgan fingerprint density at radius 2 is 1.59 bits per heavy atom. The molecule has 0 aliphatic carbocycles. The van der Waals surface area contributed by atoms with Gasteiger partial charge < -0.3 is 4.90 Å². The van der Waals surface area contributed by atoms with Crippen LogP contribution < -0.4 is 15.8 Å². The molecule has 1 fully saturated rings. The van der Waals surface area contributed by atoms with Crippen LogP contribution in [0.3, 0.4) is 0 Å². The molecule has 27 heavy (non-hydrogen) atoms. The van der Waals surface area contributed by atoms with E-state index in [4.69, 9.17) is 0 Å². The molecule has 0 bridgehead atoms. The molecule has 140 valence electrons. The van der Waals surface area contributed by atoms with Crippen LogP contribution in [-0.4, -0.2) is 24.3 Å². The maximum Gasteiger partial charge on any atom is 0.275 e. The molecule has 2 aromatic rings. The molecule has 2 aromatic carbocycles. The van der Waals surface area contributed by atoms with Gasteiger partial charge in [0.1, 0.15) is 23.0 Å². The van der Waals surface area contributed by atoms with Gasteiger partial charge in [0.2, 0.25) is 11.8 Å². The van der Waals surface area contributed by atoms with Crippen LogP contribution in [0.1, 0.15) is 16.8 Å². The topological polar surface area (TPSA) is 78.5 Å². The maximum absolute atomic E-state index is 13.6. The van der Waals surface area contributed by atoms with Crippen LogP contribution in [0.2, 0.25) is 0 Å². The Labute approximate surface area is 151 Å². The summed E-state index contributed by atoms with van der Waals surface area (Å²) in [5.41, 5.74) is 3.62. The number of nitrogens with zero attached hydrogens (tertiary/aromatic N) is 1. The molecule has 3 rings (SSSR count). The lowest BCUT2D eigenvalue weighted by molar-refractivity contribution is -0.126. The molecule has 1 aliphatic heterocycles. The van der Waals surface area contributed by atoms with Crippen LogP contribution in [0.5, 0.6) is 0 Å². The number of halogens is 3. The standard InChI is InChI=1S/C18H14F3N3O3/c19-11-4-6-12(7-5-11)24-9-10(8-15(24)25)17(26)22-23-18(27)16-13(20)2-1-3-14(16)21/h1-7,10H,8-9H2,(H,22,26)(H,23,27)/t10-/m0/s1. The molecular weight excluding hydrogens is 363 g/mol. The van der Waals surface area contributed by atoms with E-state index in [1.54, 1.807) is 0 Å². The zero-order valence-electron chi connectivity index (χ0n) is 13.8. The molecule has 1 heterocycles. The van der Waals surface area contributed by atoms with Gasteiger partial charge in [-0.25, -0.2) is 13.2 Å². The van der Waals surface area contributed by atoms with Gasteiger partial charge >= 0.3 is 0 Å². The second kappa shape index (κ2) is 7.48. The van der Waals surface area contributed by atoms with Crippen molar-refractivity contribution in [1.82, 2.24) is 10.9 Å². The molecule has 2 N–H and O–H groups in total. The second-order valence-corrected chi connectivity index (χ2v) is 5.92. The highest BCUT2D eigenvalue weighted by Gasteiger charge is 2.35. The molecule has 0 aromatic heterocycles. The third-order valence-electron chi connectivity index (χ3n) is 4.12. The van der Waals surface area contributed by atoms with Gasteiger partial charge in [-0.05, 0) is 36.4 Å². The maximum atomic E-state index is 13.6. The summed E-state index contributed by atoms with van der Waals surface area (Å²) in [6.07, 6.45) is -0.118. The molecule has 0 radical (unpaired) electrons. The Bertz CT molecular complexity index is 882. The Morgan fingerprint density at radius 3 is 2.22 bits per heavy atom. The average Bonchev–Trinajstić information content (AvgIpc) is 3.02. The van der Waals surface area contributed by atoms with Crippen LogP contribution in [0.15, 0.2) is 42.5 Å². The van der Waals surface area contributed by atoms with E-state index >= 15 is 0 Å². The number of carbonyl (C=O) groups is 3. The van der Waals surface area contributed by atoms with E-state index in [-0.39, 0.29) is 18.9 Å². The highest BCUT2D eigenvalue weighted by atomic mass is 19.1. The zero-order chi connectivity index (χ0) is 19.6. The first kappa shape index (κ1) is 18.4. The predicted molar refractivity (Wildman–Crippen MR) is 88.8 cm³/mol. The molecule has 0 unspecified atom stereocenters. The highest BCUT2D eigenvalue weighted by Crippen LogP contribution is 2.25. The molecule has 6 nitrogen and oxygen atoms in total. The van der Waals surface area contributed by atoms with Gasteiger partial charge in [-0.1, -0.05) is 6.07 Å². The molecule has 0 saturated carbocycles. The van der Waals surface area contributed by atoms with E-state index in [9.17, 15) is 27.6 Å². The third kappa shape index (κ3) is 3.91. The van der Waals surface area contributed by atoms with Gasteiger partial charge in [-0.15, -0.1) is 0 Å². The fourth-order valence-electron chi connectivity index (χ4n) is 2.75. The van der Waals surface area contributed by atoms with Crippen molar-refractivity contribution in [2.24, 2.45) is 5.92 Å². The Balaban J connectivity index is 1.61. The number of carbonyl (C=O) groups excluding carboxylic acids is 3. The fraction of sp³-hybridized carbons (Fsp3) is 0.167. The number of rotatable bonds is 3. The van der Waals surface area contributed by atoms with E-state index in [0.29, 0.717) is 5.69 Å². The van der Waals surface area contributed by atoms with Crippen molar-refractivity contribution in [1.29, 1.82) is 0 Å². The number of hydrazine groups is 1. The second-order valence-electron chi connectivity index (χ2n) is 5.92. The van der Waals surface area contributed by atoms with Crippen molar-refractivity contribution in [2.45, 2.75) is 6.42 Å². The lowest BCUT2D eigenvalue weighted by atomic mass is 10.1. The summed E-state index contributed by atoms with van der Waals surface area (Å²) < 4.78 is 40.1. The molecule has 9 heteroatoms. The summed E-state index contributed by atoms with van der Waals surface area (Å²) in [4.78, 5) is 37.5. The van der Waals surface area contributed by atoms with E-state index in [0.717, 1.165) is 18.2 Å². The monoisotopic (exact) mass is 377 g/mol. The first-order valence-electron chi connectivity index (χ1n) is 7.97. The van der Waals surface area contributed by atoms with Crippen molar-refractivity contribution in [3.05, 3.63) is 65.5 Å². The molecule has 3 amide bonds. The number of amides is 3. The quantitative estimate of drug-likeness (QED) is 0.803. The summed E-state index contributed by atoms with van der Waals surface area (Å²) in [5.74, 6) is -5.55. The molecule has 0 spiro atoms. The Kier molecular flexibility index (Phi) is 5.11. The largest absolute Gasteiger partial charge is 0.312 e. The summed E-state index contributed by atoms with van der Waals surface area (Å²) in [5, 5.41) is 0. The molecule has 1 atom stereocenters. The van der Waals surface area contributed by atoms with Gasteiger partial charge in [0.25, 0.3) is 5.91 Å². The molecule has 1 saturated heterocycles. The first-order chi connectivity index (χ1) is 12.9. The Morgan fingerprint density at radius 1 is 0.963 bits per heavy atom. The summed E-state index contributed by atoms with van der Waals surface area (Å²) in [6, 6.07) is 8.14. The van der Waals surface area contributed by atoms with Crippen LogP contribution in [0, 0.1) is 23.4 Å². The Hall–Kier alpha value is -3.36. The number of anilines is 1. The van der Waals surface area contributed by atoms with Gasteiger partial charge in [-0.2, -0.15) is 0 Å². The predicted octanol–water partition coefficient (Wildman–Crippen LogP) is 1.92. The smallest absolute Gasteiger partial charge is 0.275 e. The molecule has 1 aliphatic rings. The van der Waals surface area contributed by atoms with Gasteiger partial charge in [0.05, 0.1) is 5.92 Å². The number of nitrogens with one attached hydrogen (secondary N) is 2. The minimum atomic E-state index is -1.15. The SMILES string of the molecule is O=C(NNC(=O)[C@H]1CC(=O)N(c2ccc(F)cc2)C1)c1c(F)cccc1F. The van der Waals surface area contributed by atoms with Crippen molar-refractivity contribution in [3.8, 4) is 0 Å². The number of hydrogen-bond acceptors (Lipinski definition) is 3. The van der Waals surface area contributed by atoms with Crippen molar-refractivity contribution in [2.75, 3.05) is 11.4 Å². The van der Waals surface area contributed by atoms with Crippen molar-refractivity contribution < 1.29 is 27.6 Å². The van der Waals surface area contributed by atoms with Gasteiger partial charge in [0, 0.05) is 18.7 Å². The van der Waals surface area contributed by atoms with Crippen molar-refractivity contribution >= 4 is 23.4 Å². The minimum Gasteiger partial charge on any atom is -0.312 e. The fourth-order valence-corrected chi connectivity index (χ4v) is 2.75. The van der Waals surface area contributed by atoms with E-state index < -0.39 is 40.7 Å². The van der Waals surface area contributed by atoms with Crippen LogP contribution in [0.4, 0.5) is 18.9 Å². The zero-order valence-corrected chi connectivity index (χ0v) is 13.8. The highest BCUT2D eigenvalue weighted by molar-refractivity contribution is 6.01. The minimum absolute atomic E-state index is 0.0280. The first-order valence-corrected chi connectivity index (χ1v) is 7.97. The van der Waals surface area contributed by atoms with E-state index in [1.807, 2.05) is 5.43 Å². The van der Waals surface area contributed by atoms with Crippen LogP contribution in [0.25, 0.3) is 0 Å². The van der Waals surface area contributed by atoms with E-state index in [1.165, 1.54) is 29.2 Å². The average molecular weight is 377 g/mol. The molecular formula is C18H14F3N3O3. The van der Waals surface area contributed by atoms with Crippen molar-refractivity contribution in [3.63, 3.8) is 0 Å². The normalized spacial score (nSPS) is 16.3. The summed E-state index contributed by atoms with van der Waals surface area (Å²) in [6.45, 7) is 0.0280. The summed E-state index contributed by atoms with van der Waals surface area (Å²) >= 11 is 0. The van der Waals surface area contributed by atoms with Crippen LogP contribution in [-0.2, 0) is 9.59 Å². The lowest BCUT2D eigenvalue weighted by Gasteiger charge is -2.16. The lowest BCUT2D eigenvalue weighted by Crippen LogP contribution is -2.45. The number of hydrogen-bond donors (Lipinski definition) is 2. The number of benzene rings is 2. The summed E-state index contributed by atoms with van der Waals surface area (Å²) in [7, 11) is 0. The van der Waals surface area contributed by atoms with E-state index in [2.05, 4.69) is 5.43 Å².